The Kier molecular flexibility index (Phi) is 6.68. The van der Waals surface area contributed by atoms with Crippen molar-refractivity contribution in [2.24, 2.45) is 5.92 Å². The van der Waals surface area contributed by atoms with Gasteiger partial charge in [0.2, 0.25) is 0 Å². The maximum absolute atomic E-state index is 12.6. The average molecular weight is 357 g/mol. The molecule has 0 radical (unpaired) electrons. The Hall–Kier alpha value is -1.56. The highest BCUT2D eigenvalue weighted by molar-refractivity contribution is 9.10. The van der Waals surface area contributed by atoms with Gasteiger partial charge in [-0.15, -0.1) is 0 Å². The van der Waals surface area contributed by atoms with Crippen LogP contribution in [0.5, 0.6) is 0 Å². The minimum absolute atomic E-state index is 0.117. The molecule has 0 bridgehead atoms. The normalized spacial score (nSPS) is 10.5. The zero-order valence-electron chi connectivity index (χ0n) is 12.6. The first-order valence-corrected chi connectivity index (χ1v) is 7.55. The SMILES string of the molecule is COC(=O)CCN(CC(C)C)C(=O)c1ccc(N)c(Br)c1. The van der Waals surface area contributed by atoms with Crippen LogP contribution in [0.3, 0.4) is 0 Å². The smallest absolute Gasteiger partial charge is 0.307 e. The molecular weight excluding hydrogens is 336 g/mol. The fraction of sp³-hybridized carbons (Fsp3) is 0.467. The standard InChI is InChI=1S/C15H21BrN2O3/c1-10(2)9-18(7-6-14(19)21-3)15(20)11-4-5-13(17)12(16)8-11/h4-5,8,10H,6-7,9,17H2,1-3H3. The van der Waals surface area contributed by atoms with Gasteiger partial charge in [-0.2, -0.15) is 0 Å². The molecule has 5 nitrogen and oxygen atoms in total. The lowest BCUT2D eigenvalue weighted by Crippen LogP contribution is -2.36. The lowest BCUT2D eigenvalue weighted by atomic mass is 10.1. The second kappa shape index (κ2) is 8.02. The maximum atomic E-state index is 12.6. The predicted molar refractivity (Wildman–Crippen MR) is 85.9 cm³/mol. The highest BCUT2D eigenvalue weighted by Gasteiger charge is 2.18. The van der Waals surface area contributed by atoms with Crippen molar-refractivity contribution < 1.29 is 14.3 Å². The van der Waals surface area contributed by atoms with Gasteiger partial charge < -0.3 is 15.4 Å². The molecule has 0 saturated heterocycles. The van der Waals surface area contributed by atoms with E-state index in [1.54, 1.807) is 23.1 Å². The van der Waals surface area contributed by atoms with Crippen molar-refractivity contribution in [2.75, 3.05) is 25.9 Å². The number of ether oxygens (including phenoxy) is 1. The van der Waals surface area contributed by atoms with Crippen LogP contribution in [-0.4, -0.2) is 37.0 Å². The molecule has 0 aromatic heterocycles. The molecule has 1 amide bonds. The van der Waals surface area contributed by atoms with Gasteiger partial charge in [0, 0.05) is 28.8 Å². The zero-order chi connectivity index (χ0) is 16.0. The molecule has 1 aromatic carbocycles. The topological polar surface area (TPSA) is 72.6 Å². The van der Waals surface area contributed by atoms with Gasteiger partial charge in [-0.05, 0) is 40.0 Å². The first kappa shape index (κ1) is 17.5. The second-order valence-corrected chi connectivity index (χ2v) is 6.06. The molecule has 1 rings (SSSR count). The Morgan fingerprint density at radius 2 is 2.05 bits per heavy atom. The Morgan fingerprint density at radius 3 is 2.57 bits per heavy atom. The predicted octanol–water partition coefficient (Wildman–Crippen LogP) is 2.69. The number of carbonyl (C=O) groups is 2. The number of methoxy groups -OCH3 is 1. The maximum Gasteiger partial charge on any atom is 0.307 e. The van der Waals surface area contributed by atoms with Crippen molar-refractivity contribution in [3.05, 3.63) is 28.2 Å². The average Bonchev–Trinajstić information content (AvgIpc) is 2.44. The van der Waals surface area contributed by atoms with E-state index in [1.165, 1.54) is 7.11 Å². The molecule has 0 heterocycles. The molecule has 1 aromatic rings. The number of carbonyl (C=O) groups excluding carboxylic acids is 2. The van der Waals surface area contributed by atoms with Gasteiger partial charge in [-0.25, -0.2) is 0 Å². The first-order chi connectivity index (χ1) is 9.85. The van der Waals surface area contributed by atoms with E-state index in [-0.39, 0.29) is 18.3 Å². The molecular formula is C15H21BrN2O3. The molecule has 0 saturated carbocycles. The molecule has 0 aliphatic carbocycles. The summed E-state index contributed by atoms with van der Waals surface area (Å²) in [6, 6.07) is 5.07. The summed E-state index contributed by atoms with van der Waals surface area (Å²) in [4.78, 5) is 25.5. The van der Waals surface area contributed by atoms with Crippen molar-refractivity contribution in [1.29, 1.82) is 0 Å². The number of hydrogen-bond acceptors (Lipinski definition) is 4. The van der Waals surface area contributed by atoms with Crippen LogP contribution in [0.2, 0.25) is 0 Å². The molecule has 0 unspecified atom stereocenters. The fourth-order valence-electron chi connectivity index (χ4n) is 1.89. The van der Waals surface area contributed by atoms with Gasteiger partial charge in [0.15, 0.2) is 0 Å². The van der Waals surface area contributed by atoms with Crippen molar-refractivity contribution in [3.63, 3.8) is 0 Å². The lowest BCUT2D eigenvalue weighted by Gasteiger charge is -2.24. The molecule has 2 N–H and O–H groups in total. The Morgan fingerprint density at radius 1 is 1.38 bits per heavy atom. The zero-order valence-corrected chi connectivity index (χ0v) is 14.1. The van der Waals surface area contributed by atoms with Gasteiger partial charge in [-0.3, -0.25) is 9.59 Å². The number of anilines is 1. The number of rotatable bonds is 6. The van der Waals surface area contributed by atoms with Crippen LogP contribution in [0, 0.1) is 5.92 Å². The largest absolute Gasteiger partial charge is 0.469 e. The Labute approximate surface area is 133 Å². The number of nitrogens with two attached hydrogens (primary N) is 1. The van der Waals surface area contributed by atoms with Crippen LogP contribution in [-0.2, 0) is 9.53 Å². The summed E-state index contributed by atoms with van der Waals surface area (Å²) in [5, 5.41) is 0. The minimum Gasteiger partial charge on any atom is -0.469 e. The van der Waals surface area contributed by atoms with E-state index in [1.807, 2.05) is 13.8 Å². The van der Waals surface area contributed by atoms with Gasteiger partial charge in [-0.1, -0.05) is 13.8 Å². The van der Waals surface area contributed by atoms with Crippen LogP contribution < -0.4 is 5.73 Å². The molecule has 0 atom stereocenters. The van der Waals surface area contributed by atoms with Crippen molar-refractivity contribution in [1.82, 2.24) is 4.90 Å². The third-order valence-electron chi connectivity index (χ3n) is 2.93. The number of nitrogen functional groups attached to an aromatic ring is 1. The van der Waals surface area contributed by atoms with E-state index in [0.717, 1.165) is 0 Å². The fourth-order valence-corrected chi connectivity index (χ4v) is 2.27. The molecule has 0 fully saturated rings. The number of hydrogen-bond donors (Lipinski definition) is 1. The quantitative estimate of drug-likeness (QED) is 0.628. The van der Waals surface area contributed by atoms with Gasteiger partial charge >= 0.3 is 5.97 Å². The van der Waals surface area contributed by atoms with E-state index in [9.17, 15) is 9.59 Å². The number of halogens is 1. The molecule has 21 heavy (non-hydrogen) atoms. The number of benzene rings is 1. The van der Waals surface area contributed by atoms with E-state index in [2.05, 4.69) is 20.7 Å². The summed E-state index contributed by atoms with van der Waals surface area (Å²) in [6.45, 7) is 4.97. The van der Waals surface area contributed by atoms with E-state index >= 15 is 0 Å². The van der Waals surface area contributed by atoms with Gasteiger partial charge in [0.1, 0.15) is 0 Å². The third kappa shape index (κ3) is 5.38. The summed E-state index contributed by atoms with van der Waals surface area (Å²) in [6.07, 6.45) is 0.186. The molecule has 6 heteroatoms. The van der Waals surface area contributed by atoms with Crippen LogP contribution in [0.1, 0.15) is 30.6 Å². The highest BCUT2D eigenvalue weighted by Crippen LogP contribution is 2.21. The number of amides is 1. The summed E-state index contributed by atoms with van der Waals surface area (Å²) < 4.78 is 5.31. The summed E-state index contributed by atoms with van der Waals surface area (Å²) in [5.41, 5.74) is 6.85. The molecule has 0 aliphatic heterocycles. The lowest BCUT2D eigenvalue weighted by molar-refractivity contribution is -0.140. The van der Waals surface area contributed by atoms with Crippen LogP contribution in [0.15, 0.2) is 22.7 Å². The van der Waals surface area contributed by atoms with Crippen molar-refractivity contribution in [3.8, 4) is 0 Å². The second-order valence-electron chi connectivity index (χ2n) is 5.21. The Balaban J connectivity index is 2.87. The van der Waals surface area contributed by atoms with Crippen molar-refractivity contribution >= 4 is 33.5 Å². The summed E-state index contributed by atoms with van der Waals surface area (Å²) in [7, 11) is 1.34. The van der Waals surface area contributed by atoms with Gasteiger partial charge in [0.25, 0.3) is 5.91 Å². The molecule has 0 aliphatic rings. The van der Waals surface area contributed by atoms with Crippen LogP contribution in [0.25, 0.3) is 0 Å². The third-order valence-corrected chi connectivity index (χ3v) is 3.62. The monoisotopic (exact) mass is 356 g/mol. The summed E-state index contributed by atoms with van der Waals surface area (Å²) in [5.74, 6) is -0.132. The molecule has 0 spiro atoms. The van der Waals surface area contributed by atoms with Crippen LogP contribution in [0.4, 0.5) is 5.69 Å². The Bertz CT molecular complexity index is 518. The molecule has 116 valence electrons. The van der Waals surface area contributed by atoms with Crippen molar-refractivity contribution in [2.45, 2.75) is 20.3 Å². The van der Waals surface area contributed by atoms with Crippen LogP contribution >= 0.6 is 15.9 Å². The number of nitrogens with zero attached hydrogens (tertiary/aromatic N) is 1. The van der Waals surface area contributed by atoms with E-state index in [0.29, 0.717) is 34.7 Å². The van der Waals surface area contributed by atoms with E-state index in [4.69, 9.17) is 5.73 Å². The number of esters is 1. The van der Waals surface area contributed by atoms with E-state index < -0.39 is 0 Å². The minimum atomic E-state index is -0.324. The first-order valence-electron chi connectivity index (χ1n) is 6.76. The summed E-state index contributed by atoms with van der Waals surface area (Å²) >= 11 is 3.32. The van der Waals surface area contributed by atoms with Gasteiger partial charge in [0.05, 0.1) is 13.5 Å². The highest BCUT2D eigenvalue weighted by atomic mass is 79.9.